The number of amides is 1. The lowest BCUT2D eigenvalue weighted by Gasteiger charge is -2.57. The van der Waals surface area contributed by atoms with Gasteiger partial charge in [0.05, 0.1) is 5.56 Å². The van der Waals surface area contributed by atoms with Gasteiger partial charge in [-0.25, -0.2) is 0 Å². The number of allylic oxidation sites excluding steroid dienone is 2. The molecule has 1 aromatic carbocycles. The first-order valence-corrected chi connectivity index (χ1v) is 15.6. The van der Waals surface area contributed by atoms with Crippen LogP contribution in [-0.4, -0.2) is 64.1 Å². The molecule has 0 aliphatic heterocycles. The molecule has 0 radical (unpaired) electrons. The molecule has 4 saturated carbocycles. The lowest BCUT2D eigenvalue weighted by molar-refractivity contribution is -0.144. The highest BCUT2D eigenvalue weighted by Crippen LogP contribution is 2.60. The van der Waals surface area contributed by atoms with Crippen molar-refractivity contribution < 1.29 is 34.8 Å². The lowest BCUT2D eigenvalue weighted by Crippen LogP contribution is -2.57. The standard InChI is InChI=1S/C33H41N3O7/c1-36(2)27-19(13-35-14-32-10-15-3-16(11-32)5-17(4-15)12-32)8-22(37)25-21(27)7-18-6-20-9-23(38)26(31(34)42)30(41)33(20,43)29(40)24(18)28(25)39/h8,15-18,20,35,37-38,40,43H,3-7,9-14H2,1-2H3,(H2,34,42)/t15?,16?,17?,18?,20-,32?,33-/m0/s1. The van der Waals surface area contributed by atoms with Gasteiger partial charge in [0.15, 0.2) is 11.4 Å². The zero-order valence-electron chi connectivity index (χ0n) is 24.8. The number of aliphatic hydroxyl groups excluding tert-OH is 2. The number of carbonyl (C=O) groups excluding carboxylic acids is 3. The minimum Gasteiger partial charge on any atom is -0.511 e. The van der Waals surface area contributed by atoms with Gasteiger partial charge in [-0.15, -0.1) is 0 Å². The van der Waals surface area contributed by atoms with E-state index in [0.29, 0.717) is 17.5 Å². The summed E-state index contributed by atoms with van der Waals surface area (Å²) in [7, 11) is 3.80. The molecule has 7 aliphatic carbocycles. The van der Waals surface area contributed by atoms with E-state index in [2.05, 4.69) is 5.32 Å². The van der Waals surface area contributed by atoms with Crippen LogP contribution < -0.4 is 16.0 Å². The fraction of sp³-hybridized carbons (Fsp3) is 0.606. The molecular weight excluding hydrogens is 550 g/mol. The number of ketones is 2. The number of primary amides is 1. The summed E-state index contributed by atoms with van der Waals surface area (Å²) >= 11 is 0. The normalized spacial score (nSPS) is 36.0. The van der Waals surface area contributed by atoms with E-state index < -0.39 is 52.0 Å². The summed E-state index contributed by atoms with van der Waals surface area (Å²) < 4.78 is 0. The first kappa shape index (κ1) is 28.4. The number of nitrogens with one attached hydrogen (secondary N) is 1. The van der Waals surface area contributed by atoms with E-state index >= 15 is 0 Å². The zero-order valence-corrected chi connectivity index (χ0v) is 24.8. The average Bonchev–Trinajstić information content (AvgIpc) is 2.89. The number of phenols is 1. The Morgan fingerprint density at radius 3 is 2.23 bits per heavy atom. The second-order valence-corrected chi connectivity index (χ2v) is 14.6. The summed E-state index contributed by atoms with van der Waals surface area (Å²) in [5.74, 6) is -3.59. The maximum absolute atomic E-state index is 14.0. The molecule has 10 heteroatoms. The lowest BCUT2D eigenvalue weighted by atomic mass is 9.49. The van der Waals surface area contributed by atoms with E-state index in [9.17, 15) is 34.8 Å². The van der Waals surface area contributed by atoms with Gasteiger partial charge in [0, 0.05) is 50.8 Å². The first-order chi connectivity index (χ1) is 20.3. The van der Waals surface area contributed by atoms with Crippen molar-refractivity contribution >= 4 is 23.2 Å². The third-order valence-electron chi connectivity index (χ3n) is 11.5. The minimum atomic E-state index is -2.56. The molecule has 0 spiro atoms. The molecule has 3 atom stereocenters. The van der Waals surface area contributed by atoms with Gasteiger partial charge < -0.3 is 36.4 Å². The van der Waals surface area contributed by atoms with Gasteiger partial charge in [-0.1, -0.05) is 0 Å². The number of Topliss-reactive ketones (excluding diaryl/α,β-unsaturated/α-hetero) is 2. The van der Waals surface area contributed by atoms with Gasteiger partial charge >= 0.3 is 0 Å². The summed E-state index contributed by atoms with van der Waals surface area (Å²) in [4.78, 5) is 41.0. The Balaban J connectivity index is 1.21. The molecule has 43 heavy (non-hydrogen) atoms. The fourth-order valence-electron chi connectivity index (χ4n) is 10.4. The molecule has 0 heterocycles. The van der Waals surface area contributed by atoms with Crippen molar-refractivity contribution in [2.45, 2.75) is 69.9 Å². The van der Waals surface area contributed by atoms with Gasteiger partial charge in [0.1, 0.15) is 22.8 Å². The van der Waals surface area contributed by atoms with Crippen molar-refractivity contribution in [1.82, 2.24) is 5.32 Å². The number of phenolic OH excluding ortho intramolecular Hbond substituents is 1. The van der Waals surface area contributed by atoms with Gasteiger partial charge in [-0.2, -0.15) is 0 Å². The number of nitrogens with two attached hydrogens (primary N) is 1. The molecule has 7 aliphatic rings. The number of benzene rings is 1. The SMILES string of the molecule is CN(C)c1c(CNCC23CC4CC(CC(C4)C2)C3)cc(O)c2c1CC1C[C@H]3CC(O)=C(C(N)=O)C(=O)[C@@]3(O)C(O)=C1C2=O. The topological polar surface area (TPSA) is 173 Å². The van der Waals surface area contributed by atoms with Crippen molar-refractivity contribution in [3.05, 3.63) is 45.4 Å². The third-order valence-corrected chi connectivity index (χ3v) is 11.5. The molecule has 8 rings (SSSR count). The highest BCUT2D eigenvalue weighted by Gasteiger charge is 2.60. The highest BCUT2D eigenvalue weighted by molar-refractivity contribution is 6.24. The van der Waals surface area contributed by atoms with E-state index in [4.69, 9.17) is 5.73 Å². The second-order valence-electron chi connectivity index (χ2n) is 14.6. The maximum Gasteiger partial charge on any atom is 0.255 e. The number of aliphatic hydroxyl groups is 3. The van der Waals surface area contributed by atoms with Crippen molar-refractivity contribution in [2.24, 2.45) is 40.7 Å². The van der Waals surface area contributed by atoms with Crippen molar-refractivity contribution in [1.29, 1.82) is 0 Å². The number of fused-ring (bicyclic) bond motifs is 3. The predicted octanol–water partition coefficient (Wildman–Crippen LogP) is 2.95. The number of carbonyl (C=O) groups is 3. The third kappa shape index (κ3) is 4.09. The van der Waals surface area contributed by atoms with E-state index in [1.807, 2.05) is 19.0 Å². The predicted molar refractivity (Wildman–Crippen MR) is 157 cm³/mol. The Morgan fingerprint density at radius 1 is 1.02 bits per heavy atom. The molecule has 1 unspecified atom stereocenters. The van der Waals surface area contributed by atoms with Gasteiger partial charge in [0.2, 0.25) is 5.78 Å². The quantitative estimate of drug-likeness (QED) is 0.272. The molecule has 0 aromatic heterocycles. The average molecular weight is 592 g/mol. The Kier molecular flexibility index (Phi) is 6.32. The smallest absolute Gasteiger partial charge is 0.255 e. The van der Waals surface area contributed by atoms with E-state index in [1.54, 1.807) is 6.07 Å². The Bertz CT molecular complexity index is 1490. The highest BCUT2D eigenvalue weighted by atomic mass is 16.3. The largest absolute Gasteiger partial charge is 0.511 e. The summed E-state index contributed by atoms with van der Waals surface area (Å²) in [6, 6.07) is 1.61. The summed E-state index contributed by atoms with van der Waals surface area (Å²) in [6.07, 6.45) is 8.20. The molecule has 4 bridgehead atoms. The molecule has 230 valence electrons. The van der Waals surface area contributed by atoms with E-state index in [-0.39, 0.29) is 36.1 Å². The molecule has 10 nitrogen and oxygen atoms in total. The van der Waals surface area contributed by atoms with Crippen LogP contribution in [0.3, 0.4) is 0 Å². The number of hydrogen-bond donors (Lipinski definition) is 6. The number of nitrogens with zero attached hydrogens (tertiary/aromatic N) is 1. The minimum absolute atomic E-state index is 0.0464. The summed E-state index contributed by atoms with van der Waals surface area (Å²) in [5.41, 5.74) is 4.58. The van der Waals surface area contributed by atoms with Gasteiger partial charge in [-0.3, -0.25) is 14.4 Å². The van der Waals surface area contributed by atoms with Crippen LogP contribution >= 0.6 is 0 Å². The van der Waals surface area contributed by atoms with Crippen molar-refractivity contribution in [3.8, 4) is 5.75 Å². The van der Waals surface area contributed by atoms with Crippen LogP contribution in [-0.2, 0) is 22.6 Å². The molecule has 0 saturated heterocycles. The number of anilines is 1. The van der Waals surface area contributed by atoms with Crippen molar-refractivity contribution in [3.63, 3.8) is 0 Å². The van der Waals surface area contributed by atoms with Crippen LogP contribution in [0.5, 0.6) is 5.75 Å². The molecule has 1 aromatic rings. The summed E-state index contributed by atoms with van der Waals surface area (Å²) in [5, 5.41) is 48.1. The molecule has 4 fully saturated rings. The van der Waals surface area contributed by atoms with Crippen LogP contribution in [0.4, 0.5) is 5.69 Å². The monoisotopic (exact) mass is 591 g/mol. The van der Waals surface area contributed by atoms with Gasteiger partial charge in [0.25, 0.3) is 5.91 Å². The van der Waals surface area contributed by atoms with E-state index in [0.717, 1.165) is 35.5 Å². The van der Waals surface area contributed by atoms with Crippen LogP contribution in [0.1, 0.15) is 72.9 Å². The number of hydrogen-bond acceptors (Lipinski definition) is 9. The van der Waals surface area contributed by atoms with Crippen LogP contribution in [0.15, 0.2) is 28.7 Å². The Morgan fingerprint density at radius 2 is 1.65 bits per heavy atom. The fourth-order valence-corrected chi connectivity index (χ4v) is 10.4. The summed E-state index contributed by atoms with van der Waals surface area (Å²) in [6.45, 7) is 1.47. The van der Waals surface area contributed by atoms with E-state index in [1.165, 1.54) is 38.5 Å². The molecule has 7 N–H and O–H groups in total. The van der Waals surface area contributed by atoms with Crippen molar-refractivity contribution in [2.75, 3.05) is 25.5 Å². The van der Waals surface area contributed by atoms with Crippen LogP contribution in [0.25, 0.3) is 0 Å². The van der Waals surface area contributed by atoms with Gasteiger partial charge in [-0.05, 0) is 97.6 Å². The Labute approximate surface area is 250 Å². The first-order valence-electron chi connectivity index (χ1n) is 15.6. The van der Waals surface area contributed by atoms with Crippen LogP contribution in [0, 0.1) is 35.0 Å². The maximum atomic E-state index is 14.0. The number of aromatic hydroxyl groups is 1. The molecule has 1 amide bonds. The number of rotatable bonds is 6. The molecular formula is C33H41N3O7. The Hall–Kier alpha value is -3.37. The second kappa shape index (κ2) is 9.56. The van der Waals surface area contributed by atoms with Crippen LogP contribution in [0.2, 0.25) is 0 Å². The zero-order chi connectivity index (χ0) is 30.6.